The number of Topliss-reactive ketones (excluding diaryl/α,β-unsaturated/α-hetero) is 1. The van der Waals surface area contributed by atoms with Gasteiger partial charge in [0.2, 0.25) is 0 Å². The highest BCUT2D eigenvalue weighted by molar-refractivity contribution is 5.97. The van der Waals surface area contributed by atoms with Gasteiger partial charge in [-0.25, -0.2) is 0 Å². The minimum absolute atomic E-state index is 0.124. The molecule has 78 valence electrons. The van der Waals surface area contributed by atoms with Gasteiger partial charge < -0.3 is 4.79 Å². The Morgan fingerprint density at radius 1 is 1.53 bits per heavy atom. The summed E-state index contributed by atoms with van der Waals surface area (Å²) < 4.78 is 0. The number of carbonyl (C=O) groups is 2. The molecular weight excluding hydrogens is 198 g/mol. The number of hydrogen-bond acceptors (Lipinski definition) is 4. The Balaban J connectivity index is 3.14. The van der Waals surface area contributed by atoms with Crippen molar-refractivity contribution in [2.75, 3.05) is 0 Å². The van der Waals surface area contributed by atoms with Crippen molar-refractivity contribution < 1.29 is 14.5 Å². The summed E-state index contributed by atoms with van der Waals surface area (Å²) in [6.07, 6.45) is 0.487. The maximum atomic E-state index is 11.1. The molecule has 5 heteroatoms. The lowest BCUT2D eigenvalue weighted by Gasteiger charge is -2.05. The van der Waals surface area contributed by atoms with E-state index in [0.29, 0.717) is 11.8 Å². The lowest BCUT2D eigenvalue weighted by Crippen LogP contribution is -2.10. The molecule has 0 aliphatic heterocycles. The van der Waals surface area contributed by atoms with E-state index in [-0.39, 0.29) is 11.5 Å². The summed E-state index contributed by atoms with van der Waals surface area (Å²) in [5.74, 6) is -1.24. The predicted octanol–water partition coefficient (Wildman–Crippen LogP) is 1.47. The molecule has 1 unspecified atom stereocenters. The number of ketones is 1. The van der Waals surface area contributed by atoms with Crippen LogP contribution in [0.25, 0.3) is 0 Å². The average Bonchev–Trinajstić information content (AvgIpc) is 2.18. The number of non-ortho nitro benzene ring substituents is 1. The van der Waals surface area contributed by atoms with Crippen LogP contribution < -0.4 is 0 Å². The molecule has 5 nitrogen and oxygen atoms in total. The van der Waals surface area contributed by atoms with E-state index in [0.717, 1.165) is 0 Å². The third-order valence-electron chi connectivity index (χ3n) is 2.01. The van der Waals surface area contributed by atoms with Crippen LogP contribution in [0.4, 0.5) is 5.69 Å². The maximum Gasteiger partial charge on any atom is 0.269 e. The zero-order chi connectivity index (χ0) is 11.4. The highest BCUT2D eigenvalue weighted by Crippen LogP contribution is 2.20. The smallest absolute Gasteiger partial charge is 0.269 e. The molecule has 15 heavy (non-hydrogen) atoms. The van der Waals surface area contributed by atoms with E-state index in [1.807, 2.05) is 0 Å². The molecule has 0 aromatic heterocycles. The molecule has 1 aromatic carbocycles. The van der Waals surface area contributed by atoms with Crippen LogP contribution in [0.2, 0.25) is 0 Å². The van der Waals surface area contributed by atoms with Gasteiger partial charge in [0.15, 0.2) is 0 Å². The fourth-order valence-corrected chi connectivity index (χ4v) is 1.24. The van der Waals surface area contributed by atoms with Gasteiger partial charge in [-0.05, 0) is 12.5 Å². The van der Waals surface area contributed by atoms with Gasteiger partial charge in [-0.1, -0.05) is 12.1 Å². The molecule has 0 heterocycles. The van der Waals surface area contributed by atoms with Gasteiger partial charge >= 0.3 is 0 Å². The molecule has 1 aromatic rings. The van der Waals surface area contributed by atoms with Crippen LogP contribution in [0.5, 0.6) is 0 Å². The Morgan fingerprint density at radius 3 is 2.67 bits per heavy atom. The first-order chi connectivity index (χ1) is 7.06. The molecule has 0 fully saturated rings. The Hall–Kier alpha value is -2.04. The Labute approximate surface area is 85.9 Å². The summed E-state index contributed by atoms with van der Waals surface area (Å²) >= 11 is 0. The Bertz CT molecular complexity index is 414. The number of hydrogen-bond donors (Lipinski definition) is 0. The van der Waals surface area contributed by atoms with E-state index in [1.54, 1.807) is 0 Å². The van der Waals surface area contributed by atoms with Gasteiger partial charge in [0.25, 0.3) is 5.69 Å². The molecular formula is C10H9NO4. The van der Waals surface area contributed by atoms with E-state index in [2.05, 4.69) is 0 Å². The van der Waals surface area contributed by atoms with Crippen LogP contribution in [-0.2, 0) is 9.59 Å². The zero-order valence-corrected chi connectivity index (χ0v) is 8.04. The normalized spacial score (nSPS) is 11.8. The quantitative estimate of drug-likeness (QED) is 0.324. The fraction of sp³-hybridized carbons (Fsp3) is 0.200. The molecule has 0 bridgehead atoms. The summed E-state index contributed by atoms with van der Waals surface area (Å²) in [4.78, 5) is 31.6. The maximum absolute atomic E-state index is 11.1. The zero-order valence-electron chi connectivity index (χ0n) is 8.04. The van der Waals surface area contributed by atoms with Gasteiger partial charge in [0, 0.05) is 12.1 Å². The number of nitro groups is 1. The number of benzene rings is 1. The molecule has 0 N–H and O–H groups in total. The van der Waals surface area contributed by atoms with Crippen molar-refractivity contribution in [3.8, 4) is 0 Å². The molecule has 0 amide bonds. The number of rotatable bonds is 4. The summed E-state index contributed by atoms with van der Waals surface area (Å²) in [6.45, 7) is 1.28. The lowest BCUT2D eigenvalue weighted by atomic mass is 9.97. The SMILES string of the molecule is CC(=O)C(C=O)c1cccc([N+](=O)[O-])c1. The van der Waals surface area contributed by atoms with Crippen molar-refractivity contribution in [2.45, 2.75) is 12.8 Å². The predicted molar refractivity (Wildman–Crippen MR) is 52.6 cm³/mol. The van der Waals surface area contributed by atoms with E-state index >= 15 is 0 Å². The summed E-state index contributed by atoms with van der Waals surface area (Å²) in [7, 11) is 0. The fourth-order valence-electron chi connectivity index (χ4n) is 1.24. The van der Waals surface area contributed by atoms with Crippen LogP contribution in [-0.4, -0.2) is 17.0 Å². The average molecular weight is 207 g/mol. The topological polar surface area (TPSA) is 77.3 Å². The van der Waals surface area contributed by atoms with Crippen LogP contribution in [0.1, 0.15) is 18.4 Å². The summed E-state index contributed by atoms with van der Waals surface area (Å²) in [6, 6.07) is 5.52. The van der Waals surface area contributed by atoms with Crippen LogP contribution in [0.15, 0.2) is 24.3 Å². The molecule has 0 aliphatic carbocycles. The standard InChI is InChI=1S/C10H9NO4/c1-7(13)10(6-12)8-3-2-4-9(5-8)11(14)15/h2-6,10H,1H3. The minimum Gasteiger partial charge on any atom is -0.302 e. The van der Waals surface area contributed by atoms with Gasteiger partial charge in [0.1, 0.15) is 12.1 Å². The second kappa shape index (κ2) is 4.45. The van der Waals surface area contributed by atoms with E-state index in [1.165, 1.54) is 31.2 Å². The summed E-state index contributed by atoms with van der Waals surface area (Å²) in [5, 5.41) is 10.5. The molecule has 0 saturated heterocycles. The van der Waals surface area contributed by atoms with Gasteiger partial charge in [-0.3, -0.25) is 14.9 Å². The van der Waals surface area contributed by atoms with Crippen molar-refractivity contribution in [3.63, 3.8) is 0 Å². The number of carbonyl (C=O) groups excluding carboxylic acids is 2. The number of aldehydes is 1. The molecule has 0 saturated carbocycles. The van der Waals surface area contributed by atoms with Crippen LogP contribution >= 0.6 is 0 Å². The molecule has 0 spiro atoms. The first-order valence-electron chi connectivity index (χ1n) is 4.26. The largest absolute Gasteiger partial charge is 0.302 e. The summed E-state index contributed by atoms with van der Waals surface area (Å²) in [5.41, 5.74) is 0.229. The van der Waals surface area contributed by atoms with E-state index < -0.39 is 10.8 Å². The highest BCUT2D eigenvalue weighted by atomic mass is 16.6. The van der Waals surface area contributed by atoms with Crippen molar-refractivity contribution >= 4 is 17.8 Å². The number of nitrogens with zero attached hydrogens (tertiary/aromatic N) is 1. The molecule has 1 atom stereocenters. The van der Waals surface area contributed by atoms with Gasteiger partial charge in [-0.2, -0.15) is 0 Å². The molecule has 0 aliphatic rings. The highest BCUT2D eigenvalue weighted by Gasteiger charge is 2.17. The second-order valence-electron chi connectivity index (χ2n) is 3.08. The van der Waals surface area contributed by atoms with Crippen molar-refractivity contribution in [1.29, 1.82) is 0 Å². The Kier molecular flexibility index (Phi) is 3.28. The molecule has 1 rings (SSSR count). The first kappa shape index (κ1) is 11.0. The van der Waals surface area contributed by atoms with Gasteiger partial charge in [0.05, 0.1) is 10.8 Å². The van der Waals surface area contributed by atoms with Crippen LogP contribution in [0.3, 0.4) is 0 Å². The van der Waals surface area contributed by atoms with Crippen molar-refractivity contribution in [3.05, 3.63) is 39.9 Å². The van der Waals surface area contributed by atoms with E-state index in [4.69, 9.17) is 0 Å². The minimum atomic E-state index is -0.912. The van der Waals surface area contributed by atoms with Gasteiger partial charge in [-0.15, -0.1) is 0 Å². The van der Waals surface area contributed by atoms with Crippen molar-refractivity contribution in [2.24, 2.45) is 0 Å². The Morgan fingerprint density at radius 2 is 2.20 bits per heavy atom. The third kappa shape index (κ3) is 2.46. The van der Waals surface area contributed by atoms with Crippen LogP contribution in [0, 0.1) is 10.1 Å². The molecule has 0 radical (unpaired) electrons. The second-order valence-corrected chi connectivity index (χ2v) is 3.08. The lowest BCUT2D eigenvalue weighted by molar-refractivity contribution is -0.384. The first-order valence-corrected chi connectivity index (χ1v) is 4.26. The third-order valence-corrected chi connectivity index (χ3v) is 2.01. The van der Waals surface area contributed by atoms with E-state index in [9.17, 15) is 19.7 Å². The van der Waals surface area contributed by atoms with Crippen molar-refractivity contribution in [1.82, 2.24) is 0 Å². The number of nitro benzene ring substituents is 1. The monoisotopic (exact) mass is 207 g/mol.